The van der Waals surface area contributed by atoms with Crippen LogP contribution in [0.5, 0.6) is 0 Å². The molecule has 39 heavy (non-hydrogen) atoms. The molecule has 10 heteroatoms. The Morgan fingerprint density at radius 2 is 1.79 bits per heavy atom. The van der Waals surface area contributed by atoms with Gasteiger partial charge in [-0.15, -0.1) is 0 Å². The van der Waals surface area contributed by atoms with Crippen LogP contribution >= 0.6 is 0 Å². The van der Waals surface area contributed by atoms with Gasteiger partial charge in [0.1, 0.15) is 22.6 Å². The molecule has 0 spiro atoms. The lowest BCUT2D eigenvalue weighted by Crippen LogP contribution is -2.59. The first kappa shape index (κ1) is 26.4. The number of hydrogen-bond acceptors (Lipinski definition) is 5. The number of aromatic nitrogens is 1. The molecular weight excluding hydrogens is 526 g/mol. The molecule has 1 saturated heterocycles. The number of rotatable bonds is 6. The molecule has 3 aromatic rings. The SMILES string of the molecule is CC1CCC(c2ccccc2)S(=O)(=O)N1Cc1cc(F)c(C2(c3c[nH]c(=O)o3)CC(O)(C3(C)CC3)C2)cc1F. The van der Waals surface area contributed by atoms with Crippen LogP contribution in [0.15, 0.2) is 57.9 Å². The second-order valence-corrected chi connectivity index (χ2v) is 14.0. The highest BCUT2D eigenvalue weighted by atomic mass is 32.2. The summed E-state index contributed by atoms with van der Waals surface area (Å²) < 4.78 is 65.3. The van der Waals surface area contributed by atoms with Crippen molar-refractivity contribution in [3.05, 3.63) is 93.3 Å². The van der Waals surface area contributed by atoms with E-state index in [1.165, 1.54) is 10.5 Å². The summed E-state index contributed by atoms with van der Waals surface area (Å²) in [5, 5.41) is 10.5. The molecule has 0 bridgehead atoms. The van der Waals surface area contributed by atoms with E-state index < -0.39 is 43.7 Å². The minimum atomic E-state index is -3.83. The summed E-state index contributed by atoms with van der Waals surface area (Å²) in [4.78, 5) is 14.2. The molecule has 208 valence electrons. The van der Waals surface area contributed by atoms with Crippen molar-refractivity contribution in [2.24, 2.45) is 5.41 Å². The maximum Gasteiger partial charge on any atom is 0.416 e. The number of aliphatic hydroxyl groups is 1. The molecule has 7 nitrogen and oxygen atoms in total. The Bertz CT molecular complexity index is 1570. The summed E-state index contributed by atoms with van der Waals surface area (Å²) in [6.07, 6.45) is 4.22. The topological polar surface area (TPSA) is 104 Å². The zero-order chi connectivity index (χ0) is 27.8. The molecule has 2 aliphatic carbocycles. The molecule has 0 amide bonds. The molecule has 2 N–H and O–H groups in total. The molecular formula is C29H32F2N2O5S. The number of H-pyrrole nitrogens is 1. The van der Waals surface area contributed by atoms with Crippen LogP contribution in [0.3, 0.4) is 0 Å². The van der Waals surface area contributed by atoms with Crippen LogP contribution in [-0.4, -0.2) is 34.5 Å². The fourth-order valence-electron chi connectivity index (χ4n) is 6.64. The van der Waals surface area contributed by atoms with Crippen LogP contribution < -0.4 is 5.76 Å². The molecule has 6 rings (SSSR count). The van der Waals surface area contributed by atoms with Gasteiger partial charge in [0.15, 0.2) is 0 Å². The third-order valence-electron chi connectivity index (χ3n) is 9.48. The normalized spacial score (nSPS) is 31.5. The van der Waals surface area contributed by atoms with E-state index in [0.29, 0.717) is 18.4 Å². The maximum atomic E-state index is 15.8. The van der Waals surface area contributed by atoms with Crippen LogP contribution in [0.25, 0.3) is 0 Å². The summed E-state index contributed by atoms with van der Waals surface area (Å²) in [5.41, 5.74) is -2.03. The fraction of sp³-hybridized carbons (Fsp3) is 0.483. The summed E-state index contributed by atoms with van der Waals surface area (Å²) in [7, 11) is -3.83. The highest BCUT2D eigenvalue weighted by Gasteiger charge is 2.68. The number of oxazole rings is 1. The summed E-state index contributed by atoms with van der Waals surface area (Å²) in [6.45, 7) is 3.44. The molecule has 2 aromatic carbocycles. The first-order chi connectivity index (χ1) is 18.4. The number of halogens is 2. The standard InChI is InChI=1S/C29H32F2N2O5S/c1-18-8-9-24(19-6-4-3-5-7-19)39(36,37)33(18)15-20-12-23(31)21(13-22(20)30)28(25-14-32-26(34)38-25)16-29(35,17-28)27(2)10-11-27/h3-7,12-14,18,24,35H,8-11,15-17H2,1-2H3,(H,32,34). The van der Waals surface area contributed by atoms with Crippen molar-refractivity contribution in [3.63, 3.8) is 0 Å². The van der Waals surface area contributed by atoms with Crippen molar-refractivity contribution in [1.29, 1.82) is 0 Å². The number of aromatic amines is 1. The van der Waals surface area contributed by atoms with Crippen LogP contribution in [0, 0.1) is 17.0 Å². The van der Waals surface area contributed by atoms with E-state index in [2.05, 4.69) is 4.98 Å². The molecule has 2 unspecified atom stereocenters. The summed E-state index contributed by atoms with van der Waals surface area (Å²) in [6, 6.07) is 10.7. The van der Waals surface area contributed by atoms with Crippen molar-refractivity contribution in [2.45, 2.75) is 81.2 Å². The molecule has 1 aliphatic heterocycles. The van der Waals surface area contributed by atoms with Crippen LogP contribution in [0.2, 0.25) is 0 Å². The molecule has 1 aromatic heterocycles. The lowest BCUT2D eigenvalue weighted by atomic mass is 9.51. The van der Waals surface area contributed by atoms with Crippen molar-refractivity contribution in [2.75, 3.05) is 0 Å². The van der Waals surface area contributed by atoms with E-state index in [0.717, 1.165) is 25.0 Å². The smallest absolute Gasteiger partial charge is 0.412 e. The Morgan fingerprint density at radius 3 is 2.41 bits per heavy atom. The Labute approximate surface area is 225 Å². The van der Waals surface area contributed by atoms with E-state index in [9.17, 15) is 18.3 Å². The van der Waals surface area contributed by atoms with Gasteiger partial charge < -0.3 is 9.52 Å². The second-order valence-electron chi connectivity index (χ2n) is 11.9. The Morgan fingerprint density at radius 1 is 1.10 bits per heavy atom. The van der Waals surface area contributed by atoms with Crippen molar-refractivity contribution in [1.82, 2.24) is 9.29 Å². The van der Waals surface area contributed by atoms with Gasteiger partial charge in [-0.25, -0.2) is 22.0 Å². The van der Waals surface area contributed by atoms with Gasteiger partial charge in [0.2, 0.25) is 10.0 Å². The van der Waals surface area contributed by atoms with Gasteiger partial charge in [-0.2, -0.15) is 4.31 Å². The lowest BCUT2D eigenvalue weighted by molar-refractivity contribution is -0.132. The molecule has 3 aliphatic rings. The first-order valence-corrected chi connectivity index (χ1v) is 14.8. The van der Waals surface area contributed by atoms with Gasteiger partial charge in [0.25, 0.3) is 0 Å². The third kappa shape index (κ3) is 4.10. The number of nitrogens with one attached hydrogen (secondary N) is 1. The highest BCUT2D eigenvalue weighted by molar-refractivity contribution is 7.89. The van der Waals surface area contributed by atoms with E-state index >= 15 is 8.78 Å². The minimum Gasteiger partial charge on any atom is -0.412 e. The van der Waals surface area contributed by atoms with Crippen LogP contribution in [0.4, 0.5) is 8.78 Å². The van der Waals surface area contributed by atoms with Crippen molar-refractivity contribution >= 4 is 10.0 Å². The first-order valence-electron chi connectivity index (χ1n) is 13.3. The molecule has 2 saturated carbocycles. The van der Waals surface area contributed by atoms with Crippen LogP contribution in [-0.2, 0) is 22.0 Å². The van der Waals surface area contributed by atoms with Gasteiger partial charge in [-0.3, -0.25) is 4.98 Å². The van der Waals surface area contributed by atoms with Gasteiger partial charge in [-0.05, 0) is 68.6 Å². The Balaban J connectivity index is 1.34. The maximum absolute atomic E-state index is 15.8. The van der Waals surface area contributed by atoms with Crippen LogP contribution in [0.1, 0.15) is 80.1 Å². The predicted octanol–water partition coefficient (Wildman–Crippen LogP) is 4.91. The molecule has 0 radical (unpaired) electrons. The molecule has 2 heterocycles. The molecule has 3 fully saturated rings. The van der Waals surface area contributed by atoms with E-state index in [-0.39, 0.29) is 47.7 Å². The largest absolute Gasteiger partial charge is 0.416 e. The number of hydrogen-bond donors (Lipinski definition) is 2. The van der Waals surface area contributed by atoms with E-state index in [4.69, 9.17) is 4.42 Å². The summed E-state index contributed by atoms with van der Waals surface area (Å²) >= 11 is 0. The average molecular weight is 559 g/mol. The second kappa shape index (κ2) is 8.84. The minimum absolute atomic E-state index is 0.0165. The fourth-order valence-corrected chi connectivity index (χ4v) is 8.83. The van der Waals surface area contributed by atoms with Gasteiger partial charge in [-0.1, -0.05) is 37.3 Å². The van der Waals surface area contributed by atoms with E-state index in [1.807, 2.05) is 13.0 Å². The Kier molecular flexibility index (Phi) is 5.99. The lowest BCUT2D eigenvalue weighted by Gasteiger charge is -2.55. The Hall–Kier alpha value is -2.82. The van der Waals surface area contributed by atoms with Crippen molar-refractivity contribution in [3.8, 4) is 0 Å². The van der Waals surface area contributed by atoms with Gasteiger partial charge in [0, 0.05) is 29.9 Å². The van der Waals surface area contributed by atoms with Gasteiger partial charge in [0.05, 0.1) is 11.0 Å². The van der Waals surface area contributed by atoms with Gasteiger partial charge >= 0.3 is 5.76 Å². The summed E-state index contributed by atoms with van der Waals surface area (Å²) in [5.74, 6) is -2.06. The monoisotopic (exact) mass is 558 g/mol. The zero-order valence-electron chi connectivity index (χ0n) is 21.9. The van der Waals surface area contributed by atoms with E-state index in [1.54, 1.807) is 31.2 Å². The predicted molar refractivity (Wildman–Crippen MR) is 140 cm³/mol. The van der Waals surface area contributed by atoms with Crippen molar-refractivity contribution < 1.29 is 26.7 Å². The molecule has 2 atom stereocenters. The zero-order valence-corrected chi connectivity index (χ0v) is 22.7. The number of benzene rings is 2. The highest BCUT2D eigenvalue weighted by Crippen LogP contribution is 2.68. The number of sulfonamides is 1. The third-order valence-corrected chi connectivity index (χ3v) is 11.9. The number of nitrogens with zero attached hydrogens (tertiary/aromatic N) is 1. The quantitative estimate of drug-likeness (QED) is 0.447. The average Bonchev–Trinajstić information content (AvgIpc) is 3.48.